The maximum Gasteiger partial charge on any atom is 0.127 e. The zero-order valence-corrected chi connectivity index (χ0v) is 15.2. The largest absolute Gasteiger partial charge is 0.363 e. The van der Waals surface area contributed by atoms with Gasteiger partial charge in [-0.2, -0.15) is 0 Å². The summed E-state index contributed by atoms with van der Waals surface area (Å²) in [4.78, 5) is 14.0. The Morgan fingerprint density at radius 2 is 2.00 bits per heavy atom. The highest BCUT2D eigenvalue weighted by atomic mass is 15.2. The van der Waals surface area contributed by atoms with E-state index in [1.165, 1.54) is 29.7 Å². The molecule has 2 aromatic heterocycles. The Morgan fingerprint density at radius 1 is 1.16 bits per heavy atom. The summed E-state index contributed by atoms with van der Waals surface area (Å²) in [6, 6.07) is 13.0. The zero-order valence-electron chi connectivity index (χ0n) is 15.2. The third kappa shape index (κ3) is 3.00. The standard InChI is InChI=1S/C20H25N5/c1-23(2)19-11-10-15(13-21-19)14-25-12-6-9-18(25)20-22-16-7-4-5-8-17(16)24(20)3/h4-5,7-8,10-11,13,18H,6,9,12,14H2,1-3H3/t18-/m0/s1. The molecule has 5 nitrogen and oxygen atoms in total. The molecule has 0 amide bonds. The molecule has 0 bridgehead atoms. The highest BCUT2D eigenvalue weighted by molar-refractivity contribution is 5.75. The number of pyridine rings is 1. The summed E-state index contributed by atoms with van der Waals surface area (Å²) in [7, 11) is 6.17. The van der Waals surface area contributed by atoms with Gasteiger partial charge in [0.15, 0.2) is 0 Å². The van der Waals surface area contributed by atoms with Gasteiger partial charge in [0, 0.05) is 33.9 Å². The predicted octanol–water partition coefficient (Wildman–Crippen LogP) is 3.37. The fraction of sp³-hybridized carbons (Fsp3) is 0.400. The van der Waals surface area contributed by atoms with E-state index in [9.17, 15) is 0 Å². The zero-order chi connectivity index (χ0) is 17.4. The van der Waals surface area contributed by atoms with E-state index in [2.05, 4.69) is 57.9 Å². The van der Waals surface area contributed by atoms with Gasteiger partial charge in [-0.3, -0.25) is 4.90 Å². The van der Waals surface area contributed by atoms with Crippen molar-refractivity contribution in [1.29, 1.82) is 0 Å². The van der Waals surface area contributed by atoms with Gasteiger partial charge in [-0.25, -0.2) is 9.97 Å². The lowest BCUT2D eigenvalue weighted by molar-refractivity contribution is 0.237. The van der Waals surface area contributed by atoms with Crippen molar-refractivity contribution in [2.45, 2.75) is 25.4 Å². The summed E-state index contributed by atoms with van der Waals surface area (Å²) in [6.07, 6.45) is 4.39. The minimum atomic E-state index is 0.380. The first-order valence-electron chi connectivity index (χ1n) is 8.91. The Kier molecular flexibility index (Phi) is 4.17. The Bertz CT molecular complexity index is 865. The molecule has 1 saturated heterocycles. The van der Waals surface area contributed by atoms with Crippen molar-refractivity contribution < 1.29 is 0 Å². The molecular weight excluding hydrogens is 310 g/mol. The molecule has 3 aromatic rings. The van der Waals surface area contributed by atoms with Crippen LogP contribution in [0, 0.1) is 0 Å². The van der Waals surface area contributed by atoms with Crippen molar-refractivity contribution >= 4 is 16.9 Å². The van der Waals surface area contributed by atoms with Crippen LogP contribution < -0.4 is 4.90 Å². The second-order valence-electron chi connectivity index (χ2n) is 7.07. The molecule has 0 N–H and O–H groups in total. The van der Waals surface area contributed by atoms with Crippen LogP contribution in [0.1, 0.15) is 30.3 Å². The quantitative estimate of drug-likeness (QED) is 0.732. The molecule has 25 heavy (non-hydrogen) atoms. The number of aromatic nitrogens is 3. The number of rotatable bonds is 4. The van der Waals surface area contributed by atoms with Crippen molar-refractivity contribution in [2.75, 3.05) is 25.5 Å². The average Bonchev–Trinajstić information content (AvgIpc) is 3.20. The SMILES string of the molecule is CN(C)c1ccc(CN2CCC[C@H]2c2nc3ccccc3n2C)cn1. The van der Waals surface area contributed by atoms with Crippen molar-refractivity contribution in [3.8, 4) is 0 Å². The topological polar surface area (TPSA) is 37.2 Å². The third-order valence-corrected chi connectivity index (χ3v) is 5.14. The number of imidazole rings is 1. The van der Waals surface area contributed by atoms with Gasteiger partial charge < -0.3 is 9.47 Å². The van der Waals surface area contributed by atoms with Crippen molar-refractivity contribution in [1.82, 2.24) is 19.4 Å². The molecular formula is C20H25N5. The molecule has 0 radical (unpaired) electrons. The van der Waals surface area contributed by atoms with Crippen LogP contribution in [0.3, 0.4) is 0 Å². The summed E-state index contributed by atoms with van der Waals surface area (Å²) in [5.41, 5.74) is 3.56. The van der Waals surface area contributed by atoms with Crippen LogP contribution in [-0.4, -0.2) is 40.1 Å². The van der Waals surface area contributed by atoms with Gasteiger partial charge in [0.1, 0.15) is 11.6 Å². The maximum atomic E-state index is 4.92. The Hall–Kier alpha value is -2.40. The molecule has 3 heterocycles. The van der Waals surface area contributed by atoms with E-state index in [1.54, 1.807) is 0 Å². The van der Waals surface area contributed by atoms with Gasteiger partial charge in [0.05, 0.1) is 17.1 Å². The molecule has 0 spiro atoms. The summed E-state index contributed by atoms with van der Waals surface area (Å²) < 4.78 is 2.26. The monoisotopic (exact) mass is 335 g/mol. The number of para-hydroxylation sites is 2. The van der Waals surface area contributed by atoms with Gasteiger partial charge in [0.2, 0.25) is 0 Å². The molecule has 130 valence electrons. The molecule has 0 saturated carbocycles. The van der Waals surface area contributed by atoms with Crippen LogP contribution in [0.2, 0.25) is 0 Å². The highest BCUT2D eigenvalue weighted by Crippen LogP contribution is 2.33. The number of hydrogen-bond donors (Lipinski definition) is 0. The van der Waals surface area contributed by atoms with Crippen molar-refractivity contribution in [2.24, 2.45) is 7.05 Å². The van der Waals surface area contributed by atoms with Gasteiger partial charge in [-0.1, -0.05) is 18.2 Å². The predicted molar refractivity (Wildman–Crippen MR) is 102 cm³/mol. The first kappa shape index (κ1) is 16.1. The Labute approximate surface area is 148 Å². The number of likely N-dealkylation sites (tertiary alicyclic amines) is 1. The summed E-state index contributed by atoms with van der Waals surface area (Å²) >= 11 is 0. The van der Waals surface area contributed by atoms with Crippen LogP contribution in [-0.2, 0) is 13.6 Å². The summed E-state index contributed by atoms with van der Waals surface area (Å²) in [5, 5.41) is 0. The van der Waals surface area contributed by atoms with Crippen LogP contribution in [0.5, 0.6) is 0 Å². The van der Waals surface area contributed by atoms with Crippen LogP contribution >= 0.6 is 0 Å². The number of anilines is 1. The van der Waals surface area contributed by atoms with E-state index in [0.717, 1.165) is 24.4 Å². The lowest BCUT2D eigenvalue weighted by Crippen LogP contribution is -2.25. The van der Waals surface area contributed by atoms with Gasteiger partial charge in [-0.15, -0.1) is 0 Å². The molecule has 5 heteroatoms. The molecule has 1 aliphatic heterocycles. The average molecular weight is 335 g/mol. The number of benzene rings is 1. The minimum Gasteiger partial charge on any atom is -0.363 e. The number of fused-ring (bicyclic) bond motifs is 1. The van der Waals surface area contributed by atoms with E-state index < -0.39 is 0 Å². The second-order valence-corrected chi connectivity index (χ2v) is 7.07. The first-order valence-corrected chi connectivity index (χ1v) is 8.91. The second kappa shape index (κ2) is 6.48. The van der Waals surface area contributed by atoms with Crippen LogP contribution in [0.15, 0.2) is 42.6 Å². The van der Waals surface area contributed by atoms with Gasteiger partial charge in [0.25, 0.3) is 0 Å². The van der Waals surface area contributed by atoms with Gasteiger partial charge in [-0.05, 0) is 43.1 Å². The van der Waals surface area contributed by atoms with Gasteiger partial charge >= 0.3 is 0 Å². The third-order valence-electron chi connectivity index (χ3n) is 5.14. The smallest absolute Gasteiger partial charge is 0.127 e. The normalized spacial score (nSPS) is 18.1. The Morgan fingerprint density at radius 3 is 2.72 bits per heavy atom. The van der Waals surface area contributed by atoms with Crippen LogP contribution in [0.25, 0.3) is 11.0 Å². The fourth-order valence-electron chi connectivity index (χ4n) is 3.78. The minimum absolute atomic E-state index is 0.380. The van der Waals surface area contributed by atoms with E-state index >= 15 is 0 Å². The van der Waals surface area contributed by atoms with Crippen LogP contribution in [0.4, 0.5) is 5.82 Å². The molecule has 1 atom stereocenters. The van der Waals surface area contributed by atoms with E-state index in [-0.39, 0.29) is 0 Å². The van der Waals surface area contributed by atoms with E-state index in [1.807, 2.05) is 25.2 Å². The summed E-state index contributed by atoms with van der Waals surface area (Å²) in [5.74, 6) is 2.17. The fourth-order valence-corrected chi connectivity index (χ4v) is 3.78. The molecule has 1 aromatic carbocycles. The lowest BCUT2D eigenvalue weighted by atomic mass is 10.2. The number of aryl methyl sites for hydroxylation is 1. The van der Waals surface area contributed by atoms with Crippen molar-refractivity contribution in [3.63, 3.8) is 0 Å². The lowest BCUT2D eigenvalue weighted by Gasteiger charge is -2.24. The number of hydrogen-bond acceptors (Lipinski definition) is 4. The molecule has 1 fully saturated rings. The molecule has 4 rings (SSSR count). The van der Waals surface area contributed by atoms with E-state index in [4.69, 9.17) is 4.98 Å². The highest BCUT2D eigenvalue weighted by Gasteiger charge is 2.29. The molecule has 1 aliphatic rings. The summed E-state index contributed by atoms with van der Waals surface area (Å²) in [6.45, 7) is 2.04. The molecule has 0 aliphatic carbocycles. The molecule has 0 unspecified atom stereocenters. The van der Waals surface area contributed by atoms with Crippen molar-refractivity contribution in [3.05, 3.63) is 54.0 Å². The first-order chi connectivity index (χ1) is 12.1. The maximum absolute atomic E-state index is 4.92. The van der Waals surface area contributed by atoms with E-state index in [0.29, 0.717) is 6.04 Å². The number of nitrogens with zero attached hydrogens (tertiary/aromatic N) is 5. The Balaban J connectivity index is 1.58.